The number of hydrogen-bond acceptors (Lipinski definition) is 7. The Morgan fingerprint density at radius 2 is 2.15 bits per heavy atom. The molecule has 1 atom stereocenters. The molecule has 0 saturated carbocycles. The lowest BCUT2D eigenvalue weighted by Gasteiger charge is -2.05. The van der Waals surface area contributed by atoms with Crippen molar-refractivity contribution in [2.75, 3.05) is 0 Å². The van der Waals surface area contributed by atoms with Crippen molar-refractivity contribution in [3.05, 3.63) is 29.2 Å². The van der Waals surface area contributed by atoms with Gasteiger partial charge in [0, 0.05) is 7.05 Å². The van der Waals surface area contributed by atoms with Crippen LogP contribution in [0.3, 0.4) is 0 Å². The number of hydrogen-bond donors (Lipinski definition) is 0. The van der Waals surface area contributed by atoms with Gasteiger partial charge in [0.15, 0.2) is 5.16 Å². The minimum atomic E-state index is 0.0264. The summed E-state index contributed by atoms with van der Waals surface area (Å²) in [6, 6.07) is 3.93. The van der Waals surface area contributed by atoms with Crippen LogP contribution in [-0.4, -0.2) is 25.0 Å². The van der Waals surface area contributed by atoms with E-state index in [-0.39, 0.29) is 5.25 Å². The van der Waals surface area contributed by atoms with Crippen molar-refractivity contribution in [1.82, 2.24) is 25.0 Å². The Hall–Kier alpha value is -1.67. The molecule has 6 nitrogen and oxygen atoms in total. The average Bonchev–Trinajstić information content (AvgIpc) is 3.14. The maximum absolute atomic E-state index is 5.72. The Morgan fingerprint density at radius 1 is 1.30 bits per heavy atom. The summed E-state index contributed by atoms with van der Waals surface area (Å²) in [5.74, 6) is 2.04. The molecule has 3 aromatic heterocycles. The van der Waals surface area contributed by atoms with E-state index in [9.17, 15) is 0 Å². The third-order valence-electron chi connectivity index (χ3n) is 2.86. The van der Waals surface area contributed by atoms with Gasteiger partial charge in [-0.05, 0) is 25.3 Å². The molecule has 0 aromatic carbocycles. The van der Waals surface area contributed by atoms with E-state index in [2.05, 4.69) is 20.4 Å². The van der Waals surface area contributed by atoms with E-state index in [4.69, 9.17) is 4.42 Å². The zero-order valence-electron chi connectivity index (χ0n) is 11.3. The molecule has 3 heterocycles. The molecule has 0 unspecified atom stereocenters. The Labute approximate surface area is 124 Å². The summed E-state index contributed by atoms with van der Waals surface area (Å²) in [7, 11) is 1.94. The molecule has 0 N–H and O–H groups in total. The van der Waals surface area contributed by atoms with Gasteiger partial charge >= 0.3 is 0 Å². The van der Waals surface area contributed by atoms with Crippen LogP contribution in [0.15, 0.2) is 27.1 Å². The molecule has 3 rings (SSSR count). The van der Waals surface area contributed by atoms with Crippen LogP contribution >= 0.6 is 23.1 Å². The fourth-order valence-corrected chi connectivity index (χ4v) is 3.13. The smallest absolute Gasteiger partial charge is 0.257 e. The van der Waals surface area contributed by atoms with Crippen molar-refractivity contribution in [3.8, 4) is 10.8 Å². The maximum Gasteiger partial charge on any atom is 0.257 e. The highest BCUT2D eigenvalue weighted by atomic mass is 32.2. The highest BCUT2D eigenvalue weighted by Crippen LogP contribution is 2.34. The molecule has 0 aliphatic heterocycles. The van der Waals surface area contributed by atoms with E-state index in [1.807, 2.05) is 43.0 Å². The summed E-state index contributed by atoms with van der Waals surface area (Å²) >= 11 is 3.13. The van der Waals surface area contributed by atoms with E-state index in [1.165, 1.54) is 0 Å². The first-order valence-electron chi connectivity index (χ1n) is 6.05. The molecule has 8 heteroatoms. The Bertz CT molecular complexity index is 703. The van der Waals surface area contributed by atoms with Crippen LogP contribution in [-0.2, 0) is 7.05 Å². The van der Waals surface area contributed by atoms with Gasteiger partial charge in [-0.15, -0.1) is 31.7 Å². The number of nitrogens with zero attached hydrogens (tertiary/aromatic N) is 5. The molecule has 104 valence electrons. The lowest BCUT2D eigenvalue weighted by molar-refractivity contribution is 0.509. The summed E-state index contributed by atoms with van der Waals surface area (Å²) in [6.45, 7) is 3.93. The van der Waals surface area contributed by atoms with Gasteiger partial charge in [0.2, 0.25) is 5.89 Å². The van der Waals surface area contributed by atoms with E-state index >= 15 is 0 Å². The van der Waals surface area contributed by atoms with Gasteiger partial charge in [-0.2, -0.15) is 0 Å². The number of thioether (sulfide) groups is 1. The molecule has 20 heavy (non-hydrogen) atoms. The van der Waals surface area contributed by atoms with Crippen LogP contribution in [0.2, 0.25) is 0 Å². The van der Waals surface area contributed by atoms with Gasteiger partial charge in [-0.25, -0.2) is 0 Å². The fraction of sp³-hybridized carbons (Fsp3) is 0.333. The number of rotatable bonds is 4. The normalized spacial score (nSPS) is 12.8. The monoisotopic (exact) mass is 307 g/mol. The van der Waals surface area contributed by atoms with Crippen LogP contribution in [0.1, 0.15) is 23.9 Å². The van der Waals surface area contributed by atoms with Crippen molar-refractivity contribution in [1.29, 1.82) is 0 Å². The van der Waals surface area contributed by atoms with E-state index < -0.39 is 0 Å². The summed E-state index contributed by atoms with van der Waals surface area (Å²) in [5, 5.41) is 19.2. The molecular weight excluding hydrogens is 294 g/mol. The molecule has 3 aromatic rings. The van der Waals surface area contributed by atoms with Gasteiger partial charge < -0.3 is 8.98 Å². The highest BCUT2D eigenvalue weighted by molar-refractivity contribution is 7.99. The highest BCUT2D eigenvalue weighted by Gasteiger charge is 2.19. The maximum atomic E-state index is 5.72. The summed E-state index contributed by atoms with van der Waals surface area (Å²) in [5.41, 5.74) is 0. The zero-order valence-corrected chi connectivity index (χ0v) is 12.9. The second-order valence-corrected chi connectivity index (χ2v) is 6.53. The number of aromatic nitrogens is 5. The van der Waals surface area contributed by atoms with Crippen molar-refractivity contribution in [2.45, 2.75) is 24.3 Å². The molecule has 0 radical (unpaired) electrons. The molecule has 0 fully saturated rings. The summed E-state index contributed by atoms with van der Waals surface area (Å²) < 4.78 is 7.66. The topological polar surface area (TPSA) is 69.6 Å². The average molecular weight is 307 g/mol. The second kappa shape index (κ2) is 5.37. The lowest BCUT2D eigenvalue weighted by Crippen LogP contribution is -1.96. The van der Waals surface area contributed by atoms with E-state index in [0.29, 0.717) is 11.8 Å². The lowest BCUT2D eigenvalue weighted by atomic mass is 10.5. The SMILES string of the molecule is Cc1nnc(S[C@H](C)c2nnc(-c3cccs3)o2)n1C. The van der Waals surface area contributed by atoms with Crippen LogP contribution in [0.25, 0.3) is 10.8 Å². The molecule has 0 aliphatic carbocycles. The molecule has 0 aliphatic rings. The minimum Gasteiger partial charge on any atom is -0.419 e. The molecule has 0 amide bonds. The van der Waals surface area contributed by atoms with E-state index in [1.54, 1.807) is 23.1 Å². The Morgan fingerprint density at radius 3 is 2.80 bits per heavy atom. The first kappa shape index (κ1) is 13.3. The van der Waals surface area contributed by atoms with Crippen molar-refractivity contribution >= 4 is 23.1 Å². The Kier molecular flexibility index (Phi) is 3.58. The van der Waals surface area contributed by atoms with Crippen LogP contribution in [0.4, 0.5) is 0 Å². The largest absolute Gasteiger partial charge is 0.419 e. The predicted molar refractivity (Wildman–Crippen MR) is 77.6 cm³/mol. The first-order chi connectivity index (χ1) is 9.65. The molecule has 0 spiro atoms. The predicted octanol–water partition coefficient (Wildman–Crippen LogP) is 3.09. The number of thiophene rings is 1. The third kappa shape index (κ3) is 2.48. The second-order valence-electron chi connectivity index (χ2n) is 4.27. The summed E-state index contributed by atoms with van der Waals surface area (Å²) in [6.07, 6.45) is 0. The van der Waals surface area contributed by atoms with Gasteiger partial charge in [-0.1, -0.05) is 17.8 Å². The third-order valence-corrected chi connectivity index (χ3v) is 4.83. The Balaban J connectivity index is 1.78. The van der Waals surface area contributed by atoms with Crippen LogP contribution < -0.4 is 0 Å². The quantitative estimate of drug-likeness (QED) is 0.690. The standard InChI is InChI=1S/C12H13N5OS2/c1-7(20-12-16-13-8(2)17(12)3)10-14-15-11(18-10)9-5-4-6-19-9/h4-7H,1-3H3/t7-/m1/s1. The van der Waals surface area contributed by atoms with Crippen molar-refractivity contribution in [3.63, 3.8) is 0 Å². The van der Waals surface area contributed by atoms with Crippen molar-refractivity contribution < 1.29 is 4.42 Å². The fourth-order valence-electron chi connectivity index (χ4n) is 1.60. The minimum absolute atomic E-state index is 0.0264. The van der Waals surface area contributed by atoms with Gasteiger partial charge in [0.1, 0.15) is 5.82 Å². The summed E-state index contributed by atoms with van der Waals surface area (Å²) in [4.78, 5) is 0.982. The van der Waals surface area contributed by atoms with E-state index in [0.717, 1.165) is 15.9 Å². The van der Waals surface area contributed by atoms with Gasteiger partial charge in [-0.3, -0.25) is 0 Å². The molecular formula is C12H13N5OS2. The number of aryl methyl sites for hydroxylation is 1. The van der Waals surface area contributed by atoms with Gasteiger partial charge in [0.25, 0.3) is 5.89 Å². The van der Waals surface area contributed by atoms with Crippen LogP contribution in [0, 0.1) is 6.92 Å². The molecule has 0 saturated heterocycles. The zero-order chi connectivity index (χ0) is 14.1. The van der Waals surface area contributed by atoms with Gasteiger partial charge in [0.05, 0.1) is 10.1 Å². The van der Waals surface area contributed by atoms with Crippen LogP contribution in [0.5, 0.6) is 0 Å². The molecule has 0 bridgehead atoms. The first-order valence-corrected chi connectivity index (χ1v) is 7.81. The van der Waals surface area contributed by atoms with Crippen molar-refractivity contribution in [2.24, 2.45) is 7.05 Å².